The predicted molar refractivity (Wildman–Crippen MR) is 107 cm³/mol. The molecule has 3 N–H and O–H groups in total. The lowest BCUT2D eigenvalue weighted by Gasteiger charge is -2.28. The van der Waals surface area contributed by atoms with Crippen molar-refractivity contribution in [3.8, 4) is 0 Å². The van der Waals surface area contributed by atoms with Gasteiger partial charge in [-0.05, 0) is 49.3 Å². The summed E-state index contributed by atoms with van der Waals surface area (Å²) in [5.74, 6) is -3.43. The topological polar surface area (TPSA) is 150 Å². The molecule has 1 aromatic carbocycles. The lowest BCUT2D eigenvalue weighted by atomic mass is 9.84. The normalized spacial score (nSPS) is 19.0. The predicted octanol–water partition coefficient (Wildman–Crippen LogP) is 3.36. The Kier molecular flexibility index (Phi) is 8.29. The summed E-state index contributed by atoms with van der Waals surface area (Å²) in [5.41, 5.74) is 1.13. The molecule has 1 saturated carbocycles. The van der Waals surface area contributed by atoms with Crippen molar-refractivity contribution in [3.05, 3.63) is 35.5 Å². The fourth-order valence-electron chi connectivity index (χ4n) is 3.10. The van der Waals surface area contributed by atoms with Crippen molar-refractivity contribution in [1.29, 1.82) is 0 Å². The molecule has 0 bridgehead atoms. The molecule has 9 nitrogen and oxygen atoms in total. The van der Waals surface area contributed by atoms with Gasteiger partial charge in [-0.2, -0.15) is 18.4 Å². The van der Waals surface area contributed by atoms with Crippen LogP contribution < -0.4 is 0 Å². The number of aromatic carboxylic acids is 1. The number of carbonyl (C=O) groups is 2. The number of benzene rings is 1. The highest BCUT2D eigenvalue weighted by Crippen LogP contribution is 2.40. The fourth-order valence-corrected chi connectivity index (χ4v) is 4.89. The molecule has 1 fully saturated rings. The quantitative estimate of drug-likeness (QED) is 0.567. The number of sulfone groups is 1. The second-order valence-corrected chi connectivity index (χ2v) is 10.3. The minimum absolute atomic E-state index is 0.0245. The molecule has 32 heavy (non-hydrogen) atoms. The van der Waals surface area contributed by atoms with Gasteiger partial charge in [0.05, 0.1) is 4.90 Å². The van der Waals surface area contributed by atoms with Gasteiger partial charge in [-0.15, -0.1) is 10.2 Å². The molecule has 2 aromatic rings. The molecule has 0 spiro atoms. The van der Waals surface area contributed by atoms with Crippen molar-refractivity contribution in [3.63, 3.8) is 0 Å². The van der Waals surface area contributed by atoms with E-state index in [0.717, 1.165) is 31.2 Å². The zero-order valence-electron chi connectivity index (χ0n) is 16.7. The van der Waals surface area contributed by atoms with Gasteiger partial charge in [0, 0.05) is 11.5 Å². The first-order chi connectivity index (χ1) is 14.8. The molecule has 1 aromatic heterocycles. The van der Waals surface area contributed by atoms with E-state index < -0.39 is 28.0 Å². The molecule has 14 heteroatoms. The zero-order valence-corrected chi connectivity index (χ0v) is 18.3. The number of carboxylic acids is 2. The van der Waals surface area contributed by atoms with E-state index in [1.54, 1.807) is 12.1 Å². The van der Waals surface area contributed by atoms with E-state index in [2.05, 4.69) is 15.4 Å². The van der Waals surface area contributed by atoms with Crippen LogP contribution in [0.4, 0.5) is 13.2 Å². The third kappa shape index (κ3) is 7.22. The number of hydrogen-bond donors (Lipinski definition) is 3. The van der Waals surface area contributed by atoms with Gasteiger partial charge < -0.3 is 10.2 Å². The molecule has 0 aliphatic heterocycles. The Morgan fingerprint density at radius 2 is 1.59 bits per heavy atom. The molecule has 1 aliphatic rings. The number of aromatic amines is 1. The summed E-state index contributed by atoms with van der Waals surface area (Å²) in [6.07, 6.45) is -0.00380. The van der Waals surface area contributed by atoms with Crippen molar-refractivity contribution in [2.75, 3.05) is 6.26 Å². The summed E-state index contributed by atoms with van der Waals surface area (Å²) in [4.78, 5) is 20.3. The highest BCUT2D eigenvalue weighted by molar-refractivity contribution is 7.99. The zero-order chi connectivity index (χ0) is 24.1. The third-order valence-corrected chi connectivity index (χ3v) is 7.13. The first kappa shape index (κ1) is 25.6. The number of halogens is 3. The second kappa shape index (κ2) is 10.3. The fraction of sp³-hybridized carbons (Fsp3) is 0.444. The molecule has 0 amide bonds. The van der Waals surface area contributed by atoms with Crippen LogP contribution in [-0.2, 0) is 14.6 Å². The number of hydrogen-bond acceptors (Lipinski definition) is 7. The van der Waals surface area contributed by atoms with Gasteiger partial charge >= 0.3 is 18.1 Å². The summed E-state index contributed by atoms with van der Waals surface area (Å²) in [6, 6.07) is 7.13. The number of nitrogens with one attached hydrogen (secondary N) is 1. The van der Waals surface area contributed by atoms with Crippen LogP contribution in [0.15, 0.2) is 34.2 Å². The molecule has 0 saturated heterocycles. The molecule has 0 atom stereocenters. The molecule has 1 aliphatic carbocycles. The maximum Gasteiger partial charge on any atom is 0.490 e. The van der Waals surface area contributed by atoms with E-state index in [-0.39, 0.29) is 5.69 Å². The van der Waals surface area contributed by atoms with E-state index in [1.165, 1.54) is 18.0 Å². The summed E-state index contributed by atoms with van der Waals surface area (Å²) < 4.78 is 54.8. The van der Waals surface area contributed by atoms with Crippen molar-refractivity contribution < 1.29 is 41.4 Å². The highest BCUT2D eigenvalue weighted by Gasteiger charge is 2.38. The summed E-state index contributed by atoms with van der Waals surface area (Å²) in [7, 11) is -3.17. The highest BCUT2D eigenvalue weighted by atomic mass is 32.2. The van der Waals surface area contributed by atoms with Gasteiger partial charge in [-0.1, -0.05) is 23.9 Å². The lowest BCUT2D eigenvalue weighted by Crippen LogP contribution is -2.21. The third-order valence-electron chi connectivity index (χ3n) is 4.69. The molecule has 0 unspecified atom stereocenters. The first-order valence-electron chi connectivity index (χ1n) is 9.20. The molecule has 1 heterocycles. The van der Waals surface area contributed by atoms with Crippen molar-refractivity contribution >= 4 is 33.5 Å². The number of carboxylic acid groups (broad SMARTS) is 2. The summed E-state index contributed by atoms with van der Waals surface area (Å²) in [6.45, 7) is 0. The summed E-state index contributed by atoms with van der Waals surface area (Å²) >= 11 is 1.46. The Hall–Kier alpha value is -2.61. The average Bonchev–Trinajstić information content (AvgIpc) is 3.16. The number of aromatic nitrogens is 3. The van der Waals surface area contributed by atoms with Crippen LogP contribution in [0.1, 0.15) is 47.7 Å². The van der Waals surface area contributed by atoms with E-state index >= 15 is 0 Å². The largest absolute Gasteiger partial charge is 0.490 e. The van der Waals surface area contributed by atoms with E-state index in [9.17, 15) is 26.4 Å². The Morgan fingerprint density at radius 1 is 1.06 bits per heavy atom. The van der Waals surface area contributed by atoms with Crippen molar-refractivity contribution in [2.24, 2.45) is 0 Å². The molecule has 176 valence electrons. The number of rotatable bonds is 5. The Labute approximate surface area is 185 Å². The SMILES string of the molecule is CS(=O)(=O)c1ccc(C2CCC(Sc3n[nH]nc3C(=O)O)CC2)cc1.O=C(O)C(F)(F)F. The molecule has 3 rings (SSSR count). The van der Waals surface area contributed by atoms with Crippen LogP contribution in [-0.4, -0.2) is 63.7 Å². The average molecular weight is 496 g/mol. The molecule has 0 radical (unpaired) electrons. The lowest BCUT2D eigenvalue weighted by molar-refractivity contribution is -0.192. The smallest absolute Gasteiger partial charge is 0.476 e. The maximum atomic E-state index is 11.5. The minimum atomic E-state index is -5.08. The standard InChI is InChI=1S/C16H19N3O4S2.C2HF3O2/c1-25(22,23)13-8-4-11(5-9-13)10-2-6-12(7-3-10)24-15-14(16(20)21)17-19-18-15;3-2(4,5)1(6)7/h4-5,8-10,12H,2-3,6-7H2,1H3,(H,20,21)(H,17,18,19);(H,6,7). The van der Waals surface area contributed by atoms with Gasteiger partial charge in [0.25, 0.3) is 0 Å². The summed E-state index contributed by atoms with van der Waals surface area (Å²) in [5, 5.41) is 26.9. The van der Waals surface area contributed by atoms with Crippen LogP contribution in [0.2, 0.25) is 0 Å². The van der Waals surface area contributed by atoms with Gasteiger partial charge in [-0.3, -0.25) is 0 Å². The maximum absolute atomic E-state index is 11.5. The number of alkyl halides is 3. The van der Waals surface area contributed by atoms with E-state index in [1.807, 2.05) is 12.1 Å². The van der Waals surface area contributed by atoms with Crippen molar-refractivity contribution in [1.82, 2.24) is 15.4 Å². The number of nitrogens with zero attached hydrogens (tertiary/aromatic N) is 2. The monoisotopic (exact) mass is 495 g/mol. The van der Waals surface area contributed by atoms with E-state index in [0.29, 0.717) is 21.1 Å². The van der Waals surface area contributed by atoms with Crippen molar-refractivity contribution in [2.45, 2.75) is 52.9 Å². The van der Waals surface area contributed by atoms with Crippen LogP contribution in [0, 0.1) is 0 Å². The van der Waals surface area contributed by atoms with Crippen LogP contribution in [0.3, 0.4) is 0 Å². The second-order valence-electron chi connectivity index (χ2n) is 7.02. The minimum Gasteiger partial charge on any atom is -0.476 e. The van der Waals surface area contributed by atoms with Crippen LogP contribution in [0.25, 0.3) is 0 Å². The van der Waals surface area contributed by atoms with Crippen LogP contribution >= 0.6 is 11.8 Å². The van der Waals surface area contributed by atoms with E-state index in [4.69, 9.17) is 15.0 Å². The van der Waals surface area contributed by atoms with Gasteiger partial charge in [0.2, 0.25) is 5.69 Å². The Bertz CT molecular complexity index is 1050. The number of H-pyrrole nitrogens is 1. The molecular weight excluding hydrogens is 475 g/mol. The van der Waals surface area contributed by atoms with Crippen LogP contribution in [0.5, 0.6) is 0 Å². The first-order valence-corrected chi connectivity index (χ1v) is 12.0. The Balaban J connectivity index is 0.000000451. The van der Waals surface area contributed by atoms with Gasteiger partial charge in [0.1, 0.15) is 0 Å². The Morgan fingerprint density at radius 3 is 2.03 bits per heavy atom. The van der Waals surface area contributed by atoms with Gasteiger partial charge in [0.15, 0.2) is 14.9 Å². The number of thioether (sulfide) groups is 1. The molecular formula is C18H20F3N3O6S2. The number of aliphatic carboxylic acids is 1. The van der Waals surface area contributed by atoms with Gasteiger partial charge in [-0.25, -0.2) is 18.0 Å².